The lowest BCUT2D eigenvalue weighted by Gasteiger charge is -2.17. The second kappa shape index (κ2) is 6.55. The molecule has 6 nitrogen and oxygen atoms in total. The van der Waals surface area contributed by atoms with Crippen molar-refractivity contribution in [1.82, 2.24) is 9.03 Å². The van der Waals surface area contributed by atoms with Crippen LogP contribution in [0.4, 0.5) is 0 Å². The highest BCUT2D eigenvalue weighted by Crippen LogP contribution is 2.41. The van der Waals surface area contributed by atoms with Crippen molar-refractivity contribution in [3.8, 4) is 0 Å². The third kappa shape index (κ3) is 4.26. The molecule has 1 aliphatic rings. The lowest BCUT2D eigenvalue weighted by Crippen LogP contribution is -2.40. The summed E-state index contributed by atoms with van der Waals surface area (Å²) < 4.78 is 32.6. The SMILES string of the molecule is COC(=O)CCN(C)S(=O)(=O)NC1CC1c1ccccc1. The van der Waals surface area contributed by atoms with E-state index in [9.17, 15) is 13.2 Å². The van der Waals surface area contributed by atoms with E-state index in [2.05, 4.69) is 9.46 Å². The molecule has 2 rings (SSSR count). The summed E-state index contributed by atoms with van der Waals surface area (Å²) >= 11 is 0. The molecule has 21 heavy (non-hydrogen) atoms. The second-order valence-electron chi connectivity index (χ2n) is 5.13. The van der Waals surface area contributed by atoms with Gasteiger partial charge >= 0.3 is 5.97 Å². The predicted octanol–water partition coefficient (Wildman–Crippen LogP) is 0.872. The molecule has 0 spiro atoms. The van der Waals surface area contributed by atoms with E-state index in [4.69, 9.17) is 0 Å². The van der Waals surface area contributed by atoms with Gasteiger partial charge in [0.1, 0.15) is 0 Å². The fraction of sp³-hybridized carbons (Fsp3) is 0.500. The lowest BCUT2D eigenvalue weighted by molar-refractivity contribution is -0.140. The van der Waals surface area contributed by atoms with Gasteiger partial charge in [-0.3, -0.25) is 4.79 Å². The monoisotopic (exact) mass is 312 g/mol. The van der Waals surface area contributed by atoms with Crippen LogP contribution in [0, 0.1) is 0 Å². The molecule has 0 aliphatic heterocycles. The van der Waals surface area contributed by atoms with Crippen LogP contribution in [0.1, 0.15) is 24.3 Å². The van der Waals surface area contributed by atoms with Crippen LogP contribution in [0.2, 0.25) is 0 Å². The van der Waals surface area contributed by atoms with E-state index in [1.807, 2.05) is 30.3 Å². The topological polar surface area (TPSA) is 75.7 Å². The first kappa shape index (κ1) is 15.9. The standard InChI is InChI=1S/C14H20N2O4S/c1-16(9-8-14(17)20-2)21(18,19)15-13-10-12(13)11-6-4-3-5-7-11/h3-7,12-13,15H,8-10H2,1-2H3. The number of hydrogen-bond donors (Lipinski definition) is 1. The Morgan fingerprint density at radius 3 is 2.67 bits per heavy atom. The Labute approximate surface area is 125 Å². The Kier molecular flexibility index (Phi) is 4.97. The highest BCUT2D eigenvalue weighted by atomic mass is 32.2. The molecule has 1 aromatic rings. The van der Waals surface area contributed by atoms with Crippen LogP contribution in [0.15, 0.2) is 30.3 Å². The minimum Gasteiger partial charge on any atom is -0.469 e. The minimum absolute atomic E-state index is 0.0424. The summed E-state index contributed by atoms with van der Waals surface area (Å²) in [7, 11) is -0.835. The summed E-state index contributed by atoms with van der Waals surface area (Å²) in [5.41, 5.74) is 1.14. The summed E-state index contributed by atoms with van der Waals surface area (Å²) in [6.45, 7) is 0.102. The van der Waals surface area contributed by atoms with Crippen molar-refractivity contribution in [2.45, 2.75) is 24.8 Å². The number of carbonyl (C=O) groups is 1. The van der Waals surface area contributed by atoms with Gasteiger partial charge in [-0.05, 0) is 12.0 Å². The fourth-order valence-corrected chi connectivity index (χ4v) is 3.30. The van der Waals surface area contributed by atoms with Gasteiger partial charge in [0.25, 0.3) is 10.2 Å². The van der Waals surface area contributed by atoms with Crippen LogP contribution in [0.5, 0.6) is 0 Å². The third-order valence-corrected chi connectivity index (χ3v) is 5.19. The Bertz CT molecular complexity index is 588. The van der Waals surface area contributed by atoms with E-state index < -0.39 is 16.2 Å². The molecule has 0 saturated heterocycles. The van der Waals surface area contributed by atoms with Gasteiger partial charge in [-0.15, -0.1) is 0 Å². The molecule has 0 heterocycles. The summed E-state index contributed by atoms with van der Waals surface area (Å²) in [5.74, 6) is -0.194. The molecule has 0 amide bonds. The van der Waals surface area contributed by atoms with E-state index >= 15 is 0 Å². The maximum atomic E-state index is 12.1. The number of hydrogen-bond acceptors (Lipinski definition) is 4. The molecule has 1 fully saturated rings. The fourth-order valence-electron chi connectivity index (χ4n) is 2.15. The number of esters is 1. The maximum absolute atomic E-state index is 12.1. The predicted molar refractivity (Wildman–Crippen MR) is 78.9 cm³/mol. The van der Waals surface area contributed by atoms with Gasteiger partial charge in [-0.25, -0.2) is 0 Å². The van der Waals surface area contributed by atoms with Crippen molar-refractivity contribution in [3.63, 3.8) is 0 Å². The van der Waals surface area contributed by atoms with Gasteiger partial charge in [0.05, 0.1) is 13.5 Å². The highest BCUT2D eigenvalue weighted by Gasteiger charge is 2.41. The van der Waals surface area contributed by atoms with Crippen LogP contribution in [-0.2, 0) is 19.7 Å². The molecule has 0 aromatic heterocycles. The molecule has 2 unspecified atom stereocenters. The van der Waals surface area contributed by atoms with Crippen molar-refractivity contribution >= 4 is 16.2 Å². The zero-order valence-electron chi connectivity index (χ0n) is 12.2. The van der Waals surface area contributed by atoms with Crippen LogP contribution < -0.4 is 4.72 Å². The number of nitrogens with zero attached hydrogens (tertiary/aromatic N) is 1. The quantitative estimate of drug-likeness (QED) is 0.758. The Balaban J connectivity index is 1.86. The average Bonchev–Trinajstić information content (AvgIpc) is 3.23. The number of nitrogens with one attached hydrogen (secondary N) is 1. The Morgan fingerprint density at radius 1 is 1.38 bits per heavy atom. The zero-order valence-corrected chi connectivity index (χ0v) is 13.0. The average molecular weight is 312 g/mol. The molecular formula is C14H20N2O4S. The van der Waals surface area contributed by atoms with Gasteiger partial charge < -0.3 is 4.74 Å². The summed E-state index contributed by atoms with van der Waals surface area (Å²) in [5, 5.41) is 0. The molecule has 1 aliphatic carbocycles. The van der Waals surface area contributed by atoms with E-state index in [0.717, 1.165) is 16.3 Å². The highest BCUT2D eigenvalue weighted by molar-refractivity contribution is 7.87. The van der Waals surface area contributed by atoms with Gasteiger partial charge in [0.15, 0.2) is 0 Å². The number of rotatable bonds is 7. The maximum Gasteiger partial charge on any atom is 0.306 e. The van der Waals surface area contributed by atoms with Gasteiger partial charge in [0.2, 0.25) is 0 Å². The molecule has 1 aromatic carbocycles. The van der Waals surface area contributed by atoms with Crippen molar-refractivity contribution < 1.29 is 17.9 Å². The first-order valence-electron chi connectivity index (χ1n) is 6.79. The van der Waals surface area contributed by atoms with Crippen LogP contribution in [0.3, 0.4) is 0 Å². The second-order valence-corrected chi connectivity index (χ2v) is 6.94. The van der Waals surface area contributed by atoms with Crippen molar-refractivity contribution in [2.75, 3.05) is 20.7 Å². The third-order valence-electron chi connectivity index (χ3n) is 3.59. The van der Waals surface area contributed by atoms with Gasteiger partial charge in [-0.2, -0.15) is 17.4 Å². The largest absolute Gasteiger partial charge is 0.469 e. The molecule has 116 valence electrons. The first-order chi connectivity index (χ1) is 9.94. The normalized spacial score (nSPS) is 21.3. The molecule has 0 radical (unpaired) electrons. The Morgan fingerprint density at radius 2 is 2.05 bits per heavy atom. The van der Waals surface area contributed by atoms with E-state index in [1.165, 1.54) is 14.2 Å². The summed E-state index contributed by atoms with van der Waals surface area (Å²) in [6, 6.07) is 9.76. The lowest BCUT2D eigenvalue weighted by atomic mass is 10.1. The van der Waals surface area contributed by atoms with Crippen LogP contribution in [0.25, 0.3) is 0 Å². The molecule has 1 N–H and O–H groups in total. The van der Waals surface area contributed by atoms with Crippen LogP contribution in [-0.4, -0.2) is 45.4 Å². The smallest absolute Gasteiger partial charge is 0.306 e. The van der Waals surface area contributed by atoms with Crippen molar-refractivity contribution in [3.05, 3.63) is 35.9 Å². The molecular weight excluding hydrogens is 292 g/mol. The zero-order chi connectivity index (χ0) is 15.5. The first-order valence-corrected chi connectivity index (χ1v) is 8.23. The summed E-state index contributed by atoms with van der Waals surface area (Å²) in [6.07, 6.45) is 0.842. The number of carbonyl (C=O) groups excluding carboxylic acids is 1. The van der Waals surface area contributed by atoms with Crippen molar-refractivity contribution in [1.29, 1.82) is 0 Å². The molecule has 0 bridgehead atoms. The van der Waals surface area contributed by atoms with Crippen LogP contribution >= 0.6 is 0 Å². The minimum atomic E-state index is -3.57. The summed E-state index contributed by atoms with van der Waals surface area (Å²) in [4.78, 5) is 11.1. The number of ether oxygens (including phenoxy) is 1. The van der Waals surface area contributed by atoms with E-state index in [-0.39, 0.29) is 24.9 Å². The van der Waals surface area contributed by atoms with E-state index in [1.54, 1.807) is 0 Å². The Hall–Kier alpha value is -1.44. The van der Waals surface area contributed by atoms with E-state index in [0.29, 0.717) is 0 Å². The number of methoxy groups -OCH3 is 1. The molecule has 1 saturated carbocycles. The number of benzene rings is 1. The van der Waals surface area contributed by atoms with Gasteiger partial charge in [-0.1, -0.05) is 30.3 Å². The van der Waals surface area contributed by atoms with Crippen molar-refractivity contribution in [2.24, 2.45) is 0 Å². The molecule has 2 atom stereocenters. The van der Waals surface area contributed by atoms with Gasteiger partial charge in [0, 0.05) is 25.6 Å². The molecule has 7 heteroatoms.